The van der Waals surface area contributed by atoms with Crippen molar-refractivity contribution in [3.05, 3.63) is 11.9 Å². The number of rotatable bonds is 3. The molecule has 0 spiro atoms. The zero-order valence-corrected chi connectivity index (χ0v) is 7.46. The Labute approximate surface area is 66.5 Å². The van der Waals surface area contributed by atoms with Crippen LogP contribution in [-0.2, 0) is 9.09 Å². The summed E-state index contributed by atoms with van der Waals surface area (Å²) in [7, 11) is -2.46. The standard InChI is InChI=1S/C7H13O3P/c1-7(8)6-10-11(9)4-2-3-5-11/h2,4,7-8H,3,5-6H2,1H3. The molecule has 0 fully saturated rings. The molecule has 0 saturated heterocycles. The normalized spacial score (nSPS) is 32.5. The van der Waals surface area contributed by atoms with Gasteiger partial charge in [0.15, 0.2) is 0 Å². The first-order valence-corrected chi connectivity index (χ1v) is 5.59. The summed E-state index contributed by atoms with van der Waals surface area (Å²) in [6, 6.07) is 0. The molecular weight excluding hydrogens is 163 g/mol. The Kier molecular flexibility index (Phi) is 2.88. The Balaban J connectivity index is 2.36. The first-order chi connectivity index (χ1) is 5.12. The van der Waals surface area contributed by atoms with Crippen molar-refractivity contribution in [3.8, 4) is 0 Å². The molecule has 0 saturated carbocycles. The molecule has 0 aromatic rings. The van der Waals surface area contributed by atoms with Crippen molar-refractivity contribution < 1.29 is 14.2 Å². The van der Waals surface area contributed by atoms with Gasteiger partial charge in [0.2, 0.25) is 7.37 Å². The van der Waals surface area contributed by atoms with Gasteiger partial charge in [-0.3, -0.25) is 4.57 Å². The van der Waals surface area contributed by atoms with Gasteiger partial charge in [0.1, 0.15) is 0 Å². The van der Waals surface area contributed by atoms with Gasteiger partial charge in [-0.15, -0.1) is 0 Å². The maximum absolute atomic E-state index is 11.5. The fourth-order valence-corrected chi connectivity index (χ4v) is 2.72. The van der Waals surface area contributed by atoms with Crippen LogP contribution < -0.4 is 0 Å². The Hall–Kier alpha value is -0.110. The molecule has 2 atom stereocenters. The minimum Gasteiger partial charge on any atom is -0.391 e. The average molecular weight is 176 g/mol. The van der Waals surface area contributed by atoms with Crippen LogP contribution in [0.25, 0.3) is 0 Å². The molecule has 0 aromatic carbocycles. The van der Waals surface area contributed by atoms with Crippen LogP contribution in [0.3, 0.4) is 0 Å². The van der Waals surface area contributed by atoms with E-state index < -0.39 is 13.5 Å². The summed E-state index contributed by atoms with van der Waals surface area (Å²) < 4.78 is 16.6. The molecule has 4 heteroatoms. The summed E-state index contributed by atoms with van der Waals surface area (Å²) in [5, 5.41) is 8.86. The smallest absolute Gasteiger partial charge is 0.225 e. The molecule has 1 rings (SSSR count). The maximum atomic E-state index is 11.5. The third-order valence-corrected chi connectivity index (χ3v) is 3.61. The van der Waals surface area contributed by atoms with E-state index >= 15 is 0 Å². The molecule has 11 heavy (non-hydrogen) atoms. The molecule has 64 valence electrons. The van der Waals surface area contributed by atoms with Crippen LogP contribution in [0.4, 0.5) is 0 Å². The van der Waals surface area contributed by atoms with Gasteiger partial charge in [-0.2, -0.15) is 0 Å². The first-order valence-electron chi connectivity index (χ1n) is 3.71. The van der Waals surface area contributed by atoms with Crippen LogP contribution in [-0.4, -0.2) is 24.0 Å². The van der Waals surface area contributed by atoms with Gasteiger partial charge in [-0.1, -0.05) is 6.08 Å². The van der Waals surface area contributed by atoms with Crippen molar-refractivity contribution in [3.63, 3.8) is 0 Å². The van der Waals surface area contributed by atoms with Crippen molar-refractivity contribution in [2.75, 3.05) is 12.8 Å². The molecule has 1 aliphatic heterocycles. The second kappa shape index (κ2) is 3.53. The van der Waals surface area contributed by atoms with Crippen LogP contribution in [0.1, 0.15) is 13.3 Å². The molecule has 0 radical (unpaired) electrons. The van der Waals surface area contributed by atoms with E-state index in [-0.39, 0.29) is 6.61 Å². The van der Waals surface area contributed by atoms with Gasteiger partial charge >= 0.3 is 0 Å². The second-order valence-electron chi connectivity index (χ2n) is 2.77. The minimum absolute atomic E-state index is 0.168. The zero-order chi connectivity index (χ0) is 8.32. The number of allylic oxidation sites excluding steroid dienone is 1. The second-order valence-corrected chi connectivity index (χ2v) is 5.22. The monoisotopic (exact) mass is 176 g/mol. The van der Waals surface area contributed by atoms with Crippen molar-refractivity contribution in [2.24, 2.45) is 0 Å². The third-order valence-electron chi connectivity index (χ3n) is 1.47. The summed E-state index contributed by atoms with van der Waals surface area (Å²) in [5.74, 6) is 1.63. The van der Waals surface area contributed by atoms with E-state index in [1.165, 1.54) is 0 Å². The van der Waals surface area contributed by atoms with E-state index in [0.717, 1.165) is 6.42 Å². The molecule has 0 aliphatic carbocycles. The fraction of sp³-hybridized carbons (Fsp3) is 0.714. The molecular formula is C7H13O3P. The highest BCUT2D eigenvalue weighted by atomic mass is 31.2. The Bertz CT molecular complexity index is 198. The highest BCUT2D eigenvalue weighted by Crippen LogP contribution is 2.52. The molecule has 0 amide bonds. The lowest BCUT2D eigenvalue weighted by atomic mass is 10.5. The van der Waals surface area contributed by atoms with E-state index in [0.29, 0.717) is 6.16 Å². The van der Waals surface area contributed by atoms with Crippen LogP contribution >= 0.6 is 7.37 Å². The van der Waals surface area contributed by atoms with Crippen molar-refractivity contribution in [1.29, 1.82) is 0 Å². The van der Waals surface area contributed by atoms with Crippen molar-refractivity contribution in [1.82, 2.24) is 0 Å². The Morgan fingerprint density at radius 2 is 2.55 bits per heavy atom. The molecule has 1 aliphatic rings. The van der Waals surface area contributed by atoms with Crippen molar-refractivity contribution >= 4 is 7.37 Å². The quantitative estimate of drug-likeness (QED) is 0.664. The average Bonchev–Trinajstić information content (AvgIpc) is 2.33. The molecule has 0 bridgehead atoms. The Morgan fingerprint density at radius 1 is 1.82 bits per heavy atom. The van der Waals surface area contributed by atoms with Gasteiger partial charge in [0.05, 0.1) is 12.7 Å². The van der Waals surface area contributed by atoms with Crippen LogP contribution in [0.5, 0.6) is 0 Å². The van der Waals surface area contributed by atoms with Gasteiger partial charge < -0.3 is 9.63 Å². The lowest BCUT2D eigenvalue weighted by Gasteiger charge is -2.11. The van der Waals surface area contributed by atoms with E-state index in [1.54, 1.807) is 12.7 Å². The molecule has 0 aromatic heterocycles. The number of hydrogen-bond acceptors (Lipinski definition) is 3. The van der Waals surface area contributed by atoms with Crippen molar-refractivity contribution in [2.45, 2.75) is 19.4 Å². The van der Waals surface area contributed by atoms with Gasteiger partial charge in [-0.05, 0) is 19.2 Å². The lowest BCUT2D eigenvalue weighted by Crippen LogP contribution is -2.08. The molecule has 1 N–H and O–H groups in total. The minimum atomic E-state index is -2.46. The SMILES string of the molecule is CC(O)COP1(=O)C=CCC1. The predicted octanol–water partition coefficient (Wildman–Crippen LogP) is 1.58. The summed E-state index contributed by atoms with van der Waals surface area (Å²) in [5.41, 5.74) is 0. The van der Waals surface area contributed by atoms with Crippen LogP contribution in [0.15, 0.2) is 11.9 Å². The predicted molar refractivity (Wildman–Crippen MR) is 43.9 cm³/mol. The molecule has 2 unspecified atom stereocenters. The van der Waals surface area contributed by atoms with Gasteiger partial charge in [-0.25, -0.2) is 0 Å². The first kappa shape index (κ1) is 8.98. The molecule has 1 heterocycles. The zero-order valence-electron chi connectivity index (χ0n) is 6.56. The van der Waals surface area contributed by atoms with Crippen LogP contribution in [0.2, 0.25) is 0 Å². The lowest BCUT2D eigenvalue weighted by molar-refractivity contribution is 0.125. The summed E-state index contributed by atoms with van der Waals surface area (Å²) in [6.45, 7) is 1.79. The van der Waals surface area contributed by atoms with E-state index in [9.17, 15) is 4.57 Å². The van der Waals surface area contributed by atoms with E-state index in [4.69, 9.17) is 9.63 Å². The van der Waals surface area contributed by atoms with Gasteiger partial charge in [0, 0.05) is 6.16 Å². The van der Waals surface area contributed by atoms with E-state index in [2.05, 4.69) is 0 Å². The fourth-order valence-electron chi connectivity index (χ4n) is 0.906. The Morgan fingerprint density at radius 3 is 3.00 bits per heavy atom. The number of hydrogen-bond donors (Lipinski definition) is 1. The molecule has 3 nitrogen and oxygen atoms in total. The number of aliphatic hydroxyl groups excluding tert-OH is 1. The largest absolute Gasteiger partial charge is 0.391 e. The summed E-state index contributed by atoms with van der Waals surface area (Å²) >= 11 is 0. The maximum Gasteiger partial charge on any atom is 0.225 e. The van der Waals surface area contributed by atoms with Gasteiger partial charge in [0.25, 0.3) is 0 Å². The third kappa shape index (κ3) is 2.78. The van der Waals surface area contributed by atoms with E-state index in [1.807, 2.05) is 6.08 Å². The highest BCUT2D eigenvalue weighted by molar-refractivity contribution is 7.62. The number of aliphatic hydroxyl groups is 1. The summed E-state index contributed by atoms with van der Waals surface area (Å²) in [6.07, 6.45) is 2.76. The van der Waals surface area contributed by atoms with Crippen LogP contribution in [0, 0.1) is 0 Å². The highest BCUT2D eigenvalue weighted by Gasteiger charge is 2.22. The topological polar surface area (TPSA) is 46.5 Å². The summed E-state index contributed by atoms with van der Waals surface area (Å²) in [4.78, 5) is 0.